The van der Waals surface area contributed by atoms with Crippen molar-refractivity contribution in [3.63, 3.8) is 0 Å². The summed E-state index contributed by atoms with van der Waals surface area (Å²) in [6, 6.07) is 20.6. The molecule has 0 aromatic heterocycles. The average molecular weight is 592 g/mol. The molecule has 0 radical (unpaired) electrons. The molecular weight excluding hydrogens is 573 g/mol. The van der Waals surface area contributed by atoms with Crippen LogP contribution in [0, 0.1) is 3.57 Å². The van der Waals surface area contributed by atoms with E-state index < -0.39 is 0 Å². The molecule has 4 rings (SSSR count). The molecule has 1 saturated heterocycles. The predicted molar refractivity (Wildman–Crippen MR) is 139 cm³/mol. The van der Waals surface area contributed by atoms with Gasteiger partial charge in [0.15, 0.2) is 11.5 Å². The Kier molecular flexibility index (Phi) is 7.62. The zero-order valence-electron chi connectivity index (χ0n) is 17.6. The van der Waals surface area contributed by atoms with Gasteiger partial charge in [0.2, 0.25) is 0 Å². The number of methoxy groups -OCH3 is 1. The molecule has 0 atom stereocenters. The highest BCUT2D eigenvalue weighted by molar-refractivity contribution is 14.1. The predicted octanol–water partition coefficient (Wildman–Crippen LogP) is 6.77. The highest BCUT2D eigenvalue weighted by atomic mass is 127. The Balaban J connectivity index is 1.59. The van der Waals surface area contributed by atoms with Gasteiger partial charge < -0.3 is 9.47 Å². The third kappa shape index (κ3) is 5.54. The van der Waals surface area contributed by atoms with Gasteiger partial charge in [-0.2, -0.15) is 0 Å². The molecule has 0 spiro atoms. The molecule has 8 heteroatoms. The average Bonchev–Trinajstić information content (AvgIpc) is 3.07. The van der Waals surface area contributed by atoms with Crippen LogP contribution in [0.2, 0.25) is 5.02 Å². The molecule has 0 aliphatic carbocycles. The van der Waals surface area contributed by atoms with Crippen LogP contribution in [0.25, 0.3) is 6.08 Å². The molecule has 1 aliphatic heterocycles. The van der Waals surface area contributed by atoms with Crippen molar-refractivity contribution >= 4 is 63.2 Å². The van der Waals surface area contributed by atoms with Crippen molar-refractivity contribution in [2.75, 3.05) is 7.11 Å². The highest BCUT2D eigenvalue weighted by Crippen LogP contribution is 2.38. The Bertz CT molecular complexity index is 1230. The number of benzene rings is 3. The van der Waals surface area contributed by atoms with Crippen LogP contribution >= 0.6 is 46.0 Å². The second kappa shape index (κ2) is 10.6. The SMILES string of the molecule is COc1cccc(/C=C2\SC(=O)N(Cc3ccc(I)cc3)C2=O)c1OCc1ccccc1Cl. The molecule has 1 heterocycles. The third-order valence-corrected chi connectivity index (χ3v) is 6.97. The van der Waals surface area contributed by atoms with E-state index in [1.54, 1.807) is 25.3 Å². The summed E-state index contributed by atoms with van der Waals surface area (Å²) in [6.45, 7) is 0.460. The first-order valence-corrected chi connectivity index (χ1v) is 12.3. The molecule has 3 aromatic carbocycles. The van der Waals surface area contributed by atoms with Crippen LogP contribution in [-0.4, -0.2) is 23.2 Å². The van der Waals surface area contributed by atoms with Gasteiger partial charge in [0.1, 0.15) is 6.61 Å². The fourth-order valence-electron chi connectivity index (χ4n) is 3.28. The van der Waals surface area contributed by atoms with Crippen molar-refractivity contribution in [3.8, 4) is 11.5 Å². The minimum atomic E-state index is -0.330. The van der Waals surface area contributed by atoms with Crippen molar-refractivity contribution in [1.29, 1.82) is 0 Å². The van der Waals surface area contributed by atoms with Crippen molar-refractivity contribution < 1.29 is 19.1 Å². The number of carbonyl (C=O) groups is 2. The van der Waals surface area contributed by atoms with Gasteiger partial charge >= 0.3 is 0 Å². The highest BCUT2D eigenvalue weighted by Gasteiger charge is 2.35. The van der Waals surface area contributed by atoms with Gasteiger partial charge in [0.05, 0.1) is 18.6 Å². The van der Waals surface area contributed by atoms with Crippen LogP contribution in [0.15, 0.2) is 71.6 Å². The largest absolute Gasteiger partial charge is 0.493 e. The van der Waals surface area contributed by atoms with E-state index in [0.717, 1.165) is 26.5 Å². The number of thioether (sulfide) groups is 1. The van der Waals surface area contributed by atoms with Gasteiger partial charge in [-0.1, -0.05) is 54.1 Å². The quantitative estimate of drug-likeness (QED) is 0.224. The second-order valence-corrected chi connectivity index (χ2v) is 9.80. The number of rotatable bonds is 7. The number of hydrogen-bond acceptors (Lipinski definition) is 5. The number of imide groups is 1. The van der Waals surface area contributed by atoms with Crippen molar-refractivity contribution in [1.82, 2.24) is 4.90 Å². The van der Waals surface area contributed by atoms with E-state index in [1.165, 1.54) is 4.90 Å². The summed E-state index contributed by atoms with van der Waals surface area (Å²) < 4.78 is 12.6. The summed E-state index contributed by atoms with van der Waals surface area (Å²) >= 11 is 9.39. The number of nitrogens with zero attached hydrogens (tertiary/aromatic N) is 1. The monoisotopic (exact) mass is 591 g/mol. The van der Waals surface area contributed by atoms with Gasteiger partial charge in [-0.25, -0.2) is 0 Å². The summed E-state index contributed by atoms with van der Waals surface area (Å²) in [4.78, 5) is 27.2. The molecule has 0 saturated carbocycles. The lowest BCUT2D eigenvalue weighted by Crippen LogP contribution is -2.27. The maximum Gasteiger partial charge on any atom is 0.293 e. The minimum Gasteiger partial charge on any atom is -0.493 e. The first kappa shape index (κ1) is 23.7. The van der Waals surface area contributed by atoms with Crippen LogP contribution in [0.4, 0.5) is 4.79 Å². The van der Waals surface area contributed by atoms with Crippen molar-refractivity contribution in [3.05, 3.63) is 96.9 Å². The fraction of sp³-hybridized carbons (Fsp3) is 0.120. The summed E-state index contributed by atoms with van der Waals surface area (Å²) in [5.41, 5.74) is 2.36. The molecule has 5 nitrogen and oxygen atoms in total. The Morgan fingerprint density at radius 1 is 1.03 bits per heavy atom. The van der Waals surface area contributed by atoms with E-state index in [0.29, 0.717) is 27.0 Å². The van der Waals surface area contributed by atoms with Crippen LogP contribution in [0.1, 0.15) is 16.7 Å². The fourth-order valence-corrected chi connectivity index (χ4v) is 4.66. The third-order valence-electron chi connectivity index (χ3n) is 4.97. The molecule has 168 valence electrons. The summed E-state index contributed by atoms with van der Waals surface area (Å²) in [6.07, 6.45) is 1.67. The number of para-hydroxylation sites is 1. The van der Waals surface area contributed by atoms with Crippen molar-refractivity contribution in [2.24, 2.45) is 0 Å². The van der Waals surface area contributed by atoms with Crippen molar-refractivity contribution in [2.45, 2.75) is 13.2 Å². The summed E-state index contributed by atoms with van der Waals surface area (Å²) in [5.74, 6) is 0.668. The van der Waals surface area contributed by atoms with Crippen LogP contribution in [-0.2, 0) is 17.9 Å². The second-order valence-electron chi connectivity index (χ2n) is 7.15. The smallest absolute Gasteiger partial charge is 0.293 e. The lowest BCUT2D eigenvalue weighted by atomic mass is 10.1. The molecule has 0 bridgehead atoms. The summed E-state index contributed by atoms with van der Waals surface area (Å²) in [7, 11) is 1.55. The zero-order valence-corrected chi connectivity index (χ0v) is 21.3. The topological polar surface area (TPSA) is 55.8 Å². The van der Waals surface area contributed by atoms with Gasteiger partial charge in [0, 0.05) is 19.7 Å². The van der Waals surface area contributed by atoms with E-state index in [2.05, 4.69) is 22.6 Å². The molecule has 1 fully saturated rings. The standard InChI is InChI=1S/C25H19ClINO4S/c1-31-21-8-4-6-17(23(21)32-15-18-5-2-3-7-20(18)26)13-22-24(29)28(25(30)33-22)14-16-9-11-19(27)12-10-16/h2-13H,14-15H2,1H3/b22-13-. The lowest BCUT2D eigenvalue weighted by Gasteiger charge is -2.14. The Labute approximate surface area is 214 Å². The van der Waals surface area contributed by atoms with E-state index in [1.807, 2.05) is 54.6 Å². The lowest BCUT2D eigenvalue weighted by molar-refractivity contribution is -0.123. The minimum absolute atomic E-state index is 0.229. The number of halogens is 2. The maximum absolute atomic E-state index is 13.0. The molecule has 0 unspecified atom stereocenters. The Hall–Kier alpha value is -2.49. The molecule has 3 aromatic rings. The van der Waals surface area contributed by atoms with Gasteiger partial charge in [-0.15, -0.1) is 0 Å². The van der Waals surface area contributed by atoms with Crippen LogP contribution in [0.5, 0.6) is 11.5 Å². The zero-order chi connectivity index (χ0) is 23.4. The molecule has 2 amide bonds. The Morgan fingerprint density at radius 3 is 2.52 bits per heavy atom. The first-order valence-electron chi connectivity index (χ1n) is 9.99. The van der Waals surface area contributed by atoms with Gasteiger partial charge in [0.25, 0.3) is 11.1 Å². The first-order chi connectivity index (χ1) is 16.0. The van der Waals surface area contributed by atoms with E-state index in [-0.39, 0.29) is 24.3 Å². The van der Waals surface area contributed by atoms with E-state index >= 15 is 0 Å². The molecule has 0 N–H and O–H groups in total. The maximum atomic E-state index is 13.0. The van der Waals surface area contributed by atoms with E-state index in [4.69, 9.17) is 21.1 Å². The molecular formula is C25H19ClINO4S. The Morgan fingerprint density at radius 2 is 1.79 bits per heavy atom. The van der Waals surface area contributed by atoms with Crippen LogP contribution < -0.4 is 9.47 Å². The number of carbonyl (C=O) groups excluding carboxylic acids is 2. The summed E-state index contributed by atoms with van der Waals surface area (Å²) in [5, 5.41) is 0.303. The number of amides is 2. The van der Waals surface area contributed by atoms with Crippen LogP contribution in [0.3, 0.4) is 0 Å². The number of ether oxygens (including phenoxy) is 2. The van der Waals surface area contributed by atoms with Gasteiger partial charge in [-0.05, 0) is 70.3 Å². The molecule has 33 heavy (non-hydrogen) atoms. The normalized spacial score (nSPS) is 14.8. The molecule has 1 aliphatic rings. The van der Waals surface area contributed by atoms with Gasteiger partial charge in [-0.3, -0.25) is 14.5 Å². The number of hydrogen-bond donors (Lipinski definition) is 0. The van der Waals surface area contributed by atoms with E-state index in [9.17, 15) is 9.59 Å².